The van der Waals surface area contributed by atoms with E-state index in [1.165, 1.54) is 5.56 Å². The molecule has 1 N–H and O–H groups in total. The first kappa shape index (κ1) is 16.8. The smallest absolute Gasteiger partial charge is 0.260 e. The van der Waals surface area contributed by atoms with Gasteiger partial charge in [0, 0.05) is 12.6 Å². The molecule has 4 nitrogen and oxygen atoms in total. The molecule has 2 rings (SSSR count). The van der Waals surface area contributed by atoms with Crippen LogP contribution in [0.1, 0.15) is 38.7 Å². The Labute approximate surface area is 133 Å². The van der Waals surface area contributed by atoms with Crippen molar-refractivity contribution in [3.8, 4) is 5.75 Å². The molecule has 1 aromatic carbocycles. The van der Waals surface area contributed by atoms with Crippen molar-refractivity contribution in [2.45, 2.75) is 45.6 Å². The Kier molecular flexibility index (Phi) is 6.72. The summed E-state index contributed by atoms with van der Waals surface area (Å²) in [7, 11) is 0. The Balaban J connectivity index is 1.89. The molecule has 1 aliphatic heterocycles. The summed E-state index contributed by atoms with van der Waals surface area (Å²) >= 11 is 0. The number of aryl methyl sites for hydroxylation is 1. The van der Waals surface area contributed by atoms with Gasteiger partial charge in [0.2, 0.25) is 0 Å². The van der Waals surface area contributed by atoms with Crippen LogP contribution in [0.5, 0.6) is 5.75 Å². The third-order valence-electron chi connectivity index (χ3n) is 4.23. The van der Waals surface area contributed by atoms with Gasteiger partial charge in [-0.1, -0.05) is 26.0 Å². The number of amides is 1. The molecular weight excluding hydrogens is 276 g/mol. The Morgan fingerprint density at radius 2 is 1.91 bits per heavy atom. The molecule has 0 radical (unpaired) electrons. The van der Waals surface area contributed by atoms with Gasteiger partial charge in [0.05, 0.1) is 0 Å². The summed E-state index contributed by atoms with van der Waals surface area (Å²) in [6, 6.07) is 8.36. The molecule has 0 aromatic heterocycles. The van der Waals surface area contributed by atoms with Gasteiger partial charge >= 0.3 is 0 Å². The second kappa shape index (κ2) is 8.79. The third-order valence-corrected chi connectivity index (χ3v) is 4.23. The number of nitrogens with one attached hydrogen (secondary N) is 1. The van der Waals surface area contributed by atoms with Gasteiger partial charge in [0.15, 0.2) is 6.61 Å². The molecule has 0 saturated carbocycles. The highest BCUT2D eigenvalue weighted by molar-refractivity contribution is 5.78. The first-order valence-corrected chi connectivity index (χ1v) is 8.46. The normalized spacial score (nSPS) is 15.5. The van der Waals surface area contributed by atoms with Gasteiger partial charge in [-0.2, -0.15) is 0 Å². The largest absolute Gasteiger partial charge is 0.484 e. The van der Waals surface area contributed by atoms with Crippen molar-refractivity contribution in [1.82, 2.24) is 10.2 Å². The fourth-order valence-electron chi connectivity index (χ4n) is 2.92. The van der Waals surface area contributed by atoms with Gasteiger partial charge < -0.3 is 15.0 Å². The van der Waals surface area contributed by atoms with E-state index in [4.69, 9.17) is 4.74 Å². The Morgan fingerprint density at radius 3 is 2.50 bits per heavy atom. The van der Waals surface area contributed by atoms with Crippen LogP contribution in [-0.2, 0) is 11.2 Å². The molecule has 1 saturated heterocycles. The standard InChI is InChI=1S/C18H28N2O2/c1-3-13-20(16-9-11-19-12-10-16)18(21)14-22-17-7-5-15(4-2)6-8-17/h5-8,16,19H,3-4,9-14H2,1-2H3. The third kappa shape index (κ3) is 4.73. The van der Waals surface area contributed by atoms with Gasteiger partial charge in [-0.25, -0.2) is 0 Å². The summed E-state index contributed by atoms with van der Waals surface area (Å²) in [5, 5.41) is 3.35. The maximum atomic E-state index is 12.5. The van der Waals surface area contributed by atoms with Crippen molar-refractivity contribution < 1.29 is 9.53 Å². The zero-order valence-corrected chi connectivity index (χ0v) is 13.8. The topological polar surface area (TPSA) is 41.6 Å². The van der Waals surface area contributed by atoms with Gasteiger partial charge in [0.1, 0.15) is 5.75 Å². The van der Waals surface area contributed by atoms with Crippen LogP contribution < -0.4 is 10.1 Å². The van der Waals surface area contributed by atoms with Gasteiger partial charge in [-0.3, -0.25) is 4.79 Å². The van der Waals surface area contributed by atoms with Crippen molar-refractivity contribution in [2.24, 2.45) is 0 Å². The van der Waals surface area contributed by atoms with Gasteiger partial charge in [0.25, 0.3) is 5.91 Å². The summed E-state index contributed by atoms with van der Waals surface area (Å²) in [6.07, 6.45) is 4.08. The quantitative estimate of drug-likeness (QED) is 0.842. The number of carbonyl (C=O) groups is 1. The van der Waals surface area contributed by atoms with Gasteiger partial charge in [-0.05, 0) is 56.5 Å². The lowest BCUT2D eigenvalue weighted by atomic mass is 10.0. The predicted molar refractivity (Wildman–Crippen MR) is 89.2 cm³/mol. The fraction of sp³-hybridized carbons (Fsp3) is 0.611. The maximum absolute atomic E-state index is 12.5. The van der Waals surface area contributed by atoms with E-state index in [1.54, 1.807) is 0 Å². The fourth-order valence-corrected chi connectivity index (χ4v) is 2.92. The minimum Gasteiger partial charge on any atom is -0.484 e. The van der Waals surface area contributed by atoms with E-state index >= 15 is 0 Å². The van der Waals surface area contributed by atoms with E-state index in [0.29, 0.717) is 6.04 Å². The SMILES string of the molecule is CCCN(C(=O)COc1ccc(CC)cc1)C1CCNCC1. The summed E-state index contributed by atoms with van der Waals surface area (Å²) in [5.41, 5.74) is 1.28. The molecule has 0 atom stereocenters. The molecule has 122 valence electrons. The summed E-state index contributed by atoms with van der Waals surface area (Å²) in [4.78, 5) is 14.5. The van der Waals surface area contributed by atoms with E-state index in [-0.39, 0.29) is 12.5 Å². The van der Waals surface area contributed by atoms with Crippen LogP contribution in [0.2, 0.25) is 0 Å². The number of rotatable bonds is 7. The molecule has 0 bridgehead atoms. The van der Waals surface area contributed by atoms with E-state index < -0.39 is 0 Å². The molecule has 0 aliphatic carbocycles. The zero-order chi connectivity index (χ0) is 15.8. The van der Waals surface area contributed by atoms with E-state index in [0.717, 1.165) is 51.1 Å². The lowest BCUT2D eigenvalue weighted by molar-refractivity contribution is -0.136. The second-order valence-electron chi connectivity index (χ2n) is 5.85. The summed E-state index contributed by atoms with van der Waals surface area (Å²) < 4.78 is 5.68. The number of piperidine rings is 1. The molecule has 1 amide bonds. The minimum atomic E-state index is 0.105. The van der Waals surface area contributed by atoms with Crippen LogP contribution in [0.3, 0.4) is 0 Å². The van der Waals surface area contributed by atoms with Crippen molar-refractivity contribution >= 4 is 5.91 Å². The van der Waals surface area contributed by atoms with E-state index in [9.17, 15) is 4.79 Å². The lowest BCUT2D eigenvalue weighted by Gasteiger charge is -2.34. The Bertz CT molecular complexity index is 453. The highest BCUT2D eigenvalue weighted by Crippen LogP contribution is 2.15. The van der Waals surface area contributed by atoms with E-state index in [2.05, 4.69) is 31.3 Å². The van der Waals surface area contributed by atoms with Crippen LogP contribution in [0.15, 0.2) is 24.3 Å². The molecular formula is C18H28N2O2. The molecule has 1 fully saturated rings. The molecule has 1 heterocycles. The van der Waals surface area contributed by atoms with Crippen LogP contribution in [0.25, 0.3) is 0 Å². The van der Waals surface area contributed by atoms with Crippen LogP contribution in [0, 0.1) is 0 Å². The van der Waals surface area contributed by atoms with Crippen LogP contribution >= 0.6 is 0 Å². The first-order chi connectivity index (χ1) is 10.7. The maximum Gasteiger partial charge on any atom is 0.260 e. The number of benzene rings is 1. The second-order valence-corrected chi connectivity index (χ2v) is 5.85. The average Bonchev–Trinajstić information content (AvgIpc) is 2.58. The Hall–Kier alpha value is -1.55. The van der Waals surface area contributed by atoms with Crippen LogP contribution in [-0.4, -0.2) is 43.1 Å². The minimum absolute atomic E-state index is 0.105. The van der Waals surface area contributed by atoms with E-state index in [1.807, 2.05) is 17.0 Å². The number of ether oxygens (including phenoxy) is 1. The number of hydrogen-bond donors (Lipinski definition) is 1. The Morgan fingerprint density at radius 1 is 1.23 bits per heavy atom. The summed E-state index contributed by atoms with van der Waals surface area (Å²) in [6.45, 7) is 7.19. The highest BCUT2D eigenvalue weighted by Gasteiger charge is 2.24. The molecule has 0 spiro atoms. The monoisotopic (exact) mass is 304 g/mol. The molecule has 4 heteroatoms. The molecule has 22 heavy (non-hydrogen) atoms. The molecule has 0 unspecified atom stereocenters. The predicted octanol–water partition coefficient (Wildman–Crippen LogP) is 2.62. The van der Waals surface area contributed by atoms with Crippen molar-refractivity contribution in [3.05, 3.63) is 29.8 Å². The average molecular weight is 304 g/mol. The molecule has 1 aromatic rings. The van der Waals surface area contributed by atoms with Crippen molar-refractivity contribution in [2.75, 3.05) is 26.2 Å². The van der Waals surface area contributed by atoms with Crippen molar-refractivity contribution in [3.63, 3.8) is 0 Å². The number of carbonyl (C=O) groups excluding carboxylic acids is 1. The van der Waals surface area contributed by atoms with Crippen molar-refractivity contribution in [1.29, 1.82) is 0 Å². The molecule has 1 aliphatic rings. The van der Waals surface area contributed by atoms with Gasteiger partial charge in [-0.15, -0.1) is 0 Å². The number of nitrogens with zero attached hydrogens (tertiary/aromatic N) is 1. The van der Waals surface area contributed by atoms with Crippen LogP contribution in [0.4, 0.5) is 0 Å². The highest BCUT2D eigenvalue weighted by atomic mass is 16.5. The lowest BCUT2D eigenvalue weighted by Crippen LogP contribution is -2.48. The first-order valence-electron chi connectivity index (χ1n) is 8.46. The number of hydrogen-bond acceptors (Lipinski definition) is 3. The summed E-state index contributed by atoms with van der Waals surface area (Å²) in [5.74, 6) is 0.876. The zero-order valence-electron chi connectivity index (χ0n) is 13.8.